The number of rotatable bonds is 5. The Balaban J connectivity index is 2.01. The normalized spacial score (nSPS) is 10.3. The quantitative estimate of drug-likeness (QED) is 0.837. The van der Waals surface area contributed by atoms with Crippen LogP contribution in [-0.2, 0) is 4.79 Å². The van der Waals surface area contributed by atoms with Gasteiger partial charge in [-0.2, -0.15) is 0 Å². The molecule has 0 unspecified atom stereocenters. The summed E-state index contributed by atoms with van der Waals surface area (Å²) in [5, 5.41) is 6.89. The number of nitrogens with one attached hydrogen (secondary N) is 2. The van der Waals surface area contributed by atoms with Gasteiger partial charge in [0.2, 0.25) is 5.91 Å². The maximum Gasteiger partial charge on any atom is 0.221 e. The van der Waals surface area contributed by atoms with Crippen LogP contribution in [0.5, 0.6) is 0 Å². The minimum Gasteiger partial charge on any atom is -0.369 e. The predicted octanol–water partition coefficient (Wildman–Crippen LogP) is 1.57. The summed E-state index contributed by atoms with van der Waals surface area (Å²) in [5.74, 6) is 0.813. The highest BCUT2D eigenvalue weighted by Crippen LogP contribution is 2.17. The molecule has 18 heavy (non-hydrogen) atoms. The SMILES string of the molecule is CCNC(=O)CCNc1ncnc2ccccc12. The molecule has 1 heterocycles. The third kappa shape index (κ3) is 2.94. The van der Waals surface area contributed by atoms with Crippen LogP contribution in [0.1, 0.15) is 13.3 Å². The van der Waals surface area contributed by atoms with Gasteiger partial charge in [0.15, 0.2) is 0 Å². The van der Waals surface area contributed by atoms with Gasteiger partial charge >= 0.3 is 0 Å². The first-order chi connectivity index (χ1) is 8.81. The van der Waals surface area contributed by atoms with Gasteiger partial charge in [-0.1, -0.05) is 12.1 Å². The summed E-state index contributed by atoms with van der Waals surface area (Å²) in [6.07, 6.45) is 1.96. The highest BCUT2D eigenvalue weighted by atomic mass is 16.1. The van der Waals surface area contributed by atoms with Crippen molar-refractivity contribution in [3.05, 3.63) is 30.6 Å². The van der Waals surface area contributed by atoms with E-state index in [4.69, 9.17) is 0 Å². The molecule has 1 aromatic carbocycles. The van der Waals surface area contributed by atoms with E-state index < -0.39 is 0 Å². The second-order valence-corrected chi connectivity index (χ2v) is 3.87. The first-order valence-corrected chi connectivity index (χ1v) is 6.01. The Morgan fingerprint density at radius 1 is 1.28 bits per heavy atom. The van der Waals surface area contributed by atoms with Crippen molar-refractivity contribution in [2.24, 2.45) is 0 Å². The van der Waals surface area contributed by atoms with Gasteiger partial charge in [-0.15, -0.1) is 0 Å². The zero-order chi connectivity index (χ0) is 12.8. The molecule has 0 spiro atoms. The molecule has 0 bridgehead atoms. The molecule has 1 amide bonds. The van der Waals surface area contributed by atoms with E-state index in [9.17, 15) is 4.79 Å². The molecule has 1 aromatic heterocycles. The molecular formula is C13H16N4O. The maximum atomic E-state index is 11.3. The fourth-order valence-electron chi connectivity index (χ4n) is 1.73. The van der Waals surface area contributed by atoms with Crippen LogP contribution in [0.3, 0.4) is 0 Å². The predicted molar refractivity (Wildman–Crippen MR) is 71.3 cm³/mol. The molecule has 5 nitrogen and oxygen atoms in total. The molecule has 0 saturated heterocycles. The minimum atomic E-state index is 0.0448. The molecular weight excluding hydrogens is 228 g/mol. The van der Waals surface area contributed by atoms with E-state index in [1.54, 1.807) is 0 Å². The van der Waals surface area contributed by atoms with Gasteiger partial charge in [-0.25, -0.2) is 9.97 Å². The Labute approximate surface area is 106 Å². The van der Waals surface area contributed by atoms with Crippen LogP contribution in [0.25, 0.3) is 10.9 Å². The van der Waals surface area contributed by atoms with Crippen molar-refractivity contribution in [3.8, 4) is 0 Å². The summed E-state index contributed by atoms with van der Waals surface area (Å²) in [7, 11) is 0. The topological polar surface area (TPSA) is 66.9 Å². The third-order valence-corrected chi connectivity index (χ3v) is 2.56. The van der Waals surface area contributed by atoms with Gasteiger partial charge < -0.3 is 10.6 Å². The Morgan fingerprint density at radius 2 is 2.11 bits per heavy atom. The minimum absolute atomic E-state index is 0.0448. The molecule has 0 radical (unpaired) electrons. The number of anilines is 1. The lowest BCUT2D eigenvalue weighted by atomic mass is 10.2. The van der Waals surface area contributed by atoms with E-state index in [0.717, 1.165) is 16.7 Å². The number of hydrogen-bond donors (Lipinski definition) is 2. The molecule has 2 aromatic rings. The van der Waals surface area contributed by atoms with E-state index in [1.165, 1.54) is 6.33 Å². The standard InChI is InChI=1S/C13H16N4O/c1-2-14-12(18)7-8-15-13-10-5-3-4-6-11(10)16-9-17-13/h3-6,9H,2,7-8H2,1H3,(H,14,18)(H,15,16,17). The van der Waals surface area contributed by atoms with Crippen molar-refractivity contribution < 1.29 is 4.79 Å². The van der Waals surface area contributed by atoms with E-state index in [1.807, 2.05) is 31.2 Å². The van der Waals surface area contributed by atoms with Crippen molar-refractivity contribution >= 4 is 22.6 Å². The van der Waals surface area contributed by atoms with Crippen LogP contribution in [0, 0.1) is 0 Å². The zero-order valence-corrected chi connectivity index (χ0v) is 10.3. The average molecular weight is 244 g/mol. The lowest BCUT2D eigenvalue weighted by molar-refractivity contribution is -0.120. The number of para-hydroxylation sites is 1. The molecule has 0 aliphatic carbocycles. The highest BCUT2D eigenvalue weighted by molar-refractivity contribution is 5.88. The number of aromatic nitrogens is 2. The van der Waals surface area contributed by atoms with E-state index >= 15 is 0 Å². The highest BCUT2D eigenvalue weighted by Gasteiger charge is 2.03. The molecule has 0 saturated carbocycles. The average Bonchev–Trinajstić information content (AvgIpc) is 2.39. The van der Waals surface area contributed by atoms with Crippen LogP contribution in [0.2, 0.25) is 0 Å². The van der Waals surface area contributed by atoms with Gasteiger partial charge in [0.25, 0.3) is 0 Å². The summed E-state index contributed by atoms with van der Waals surface area (Å²) in [4.78, 5) is 19.7. The third-order valence-electron chi connectivity index (χ3n) is 2.56. The zero-order valence-electron chi connectivity index (χ0n) is 10.3. The van der Waals surface area contributed by atoms with Gasteiger partial charge in [0.05, 0.1) is 5.52 Å². The summed E-state index contributed by atoms with van der Waals surface area (Å²) < 4.78 is 0. The van der Waals surface area contributed by atoms with Crippen molar-refractivity contribution in [2.45, 2.75) is 13.3 Å². The molecule has 5 heteroatoms. The fraction of sp³-hybridized carbons (Fsp3) is 0.308. The first kappa shape index (κ1) is 12.3. The molecule has 94 valence electrons. The number of hydrogen-bond acceptors (Lipinski definition) is 4. The molecule has 0 atom stereocenters. The van der Waals surface area contributed by atoms with Crippen molar-refractivity contribution in [3.63, 3.8) is 0 Å². The van der Waals surface area contributed by atoms with Crippen molar-refractivity contribution in [2.75, 3.05) is 18.4 Å². The number of nitrogens with zero attached hydrogens (tertiary/aromatic N) is 2. The van der Waals surface area contributed by atoms with Crippen LogP contribution in [0.15, 0.2) is 30.6 Å². The lowest BCUT2D eigenvalue weighted by Crippen LogP contribution is -2.24. The van der Waals surface area contributed by atoms with E-state index in [-0.39, 0.29) is 5.91 Å². The van der Waals surface area contributed by atoms with Crippen LogP contribution in [-0.4, -0.2) is 29.0 Å². The number of carbonyl (C=O) groups excluding carboxylic acids is 1. The van der Waals surface area contributed by atoms with Gasteiger partial charge in [-0.05, 0) is 19.1 Å². The van der Waals surface area contributed by atoms with Crippen molar-refractivity contribution in [1.82, 2.24) is 15.3 Å². The number of carbonyl (C=O) groups is 1. The number of amides is 1. The number of benzene rings is 1. The Hall–Kier alpha value is -2.17. The first-order valence-electron chi connectivity index (χ1n) is 6.01. The lowest BCUT2D eigenvalue weighted by Gasteiger charge is -2.07. The molecule has 0 fully saturated rings. The van der Waals surface area contributed by atoms with E-state index in [0.29, 0.717) is 19.5 Å². The maximum absolute atomic E-state index is 11.3. The van der Waals surface area contributed by atoms with E-state index in [2.05, 4.69) is 20.6 Å². The Kier molecular flexibility index (Phi) is 4.06. The summed E-state index contributed by atoms with van der Waals surface area (Å²) in [6.45, 7) is 3.13. The summed E-state index contributed by atoms with van der Waals surface area (Å²) >= 11 is 0. The Morgan fingerprint density at radius 3 is 2.94 bits per heavy atom. The molecule has 0 aliphatic rings. The monoisotopic (exact) mass is 244 g/mol. The van der Waals surface area contributed by atoms with Gasteiger partial charge in [-0.3, -0.25) is 4.79 Å². The Bertz CT molecular complexity index is 536. The summed E-state index contributed by atoms with van der Waals surface area (Å²) in [5.41, 5.74) is 0.896. The molecule has 2 rings (SSSR count). The van der Waals surface area contributed by atoms with Crippen molar-refractivity contribution in [1.29, 1.82) is 0 Å². The smallest absolute Gasteiger partial charge is 0.221 e. The van der Waals surface area contributed by atoms with Crippen LogP contribution < -0.4 is 10.6 Å². The molecule has 0 aliphatic heterocycles. The largest absolute Gasteiger partial charge is 0.369 e. The second kappa shape index (κ2) is 5.95. The van der Waals surface area contributed by atoms with Crippen LogP contribution >= 0.6 is 0 Å². The number of fused-ring (bicyclic) bond motifs is 1. The second-order valence-electron chi connectivity index (χ2n) is 3.87. The fourth-order valence-corrected chi connectivity index (χ4v) is 1.73. The van der Waals surface area contributed by atoms with Gasteiger partial charge in [0.1, 0.15) is 12.1 Å². The van der Waals surface area contributed by atoms with Gasteiger partial charge in [0, 0.05) is 24.9 Å². The van der Waals surface area contributed by atoms with Crippen LogP contribution in [0.4, 0.5) is 5.82 Å². The summed E-state index contributed by atoms with van der Waals surface area (Å²) in [6, 6.07) is 7.78. The molecule has 2 N–H and O–H groups in total.